The van der Waals surface area contributed by atoms with Crippen LogP contribution in [0.3, 0.4) is 0 Å². The summed E-state index contributed by atoms with van der Waals surface area (Å²) in [6.07, 6.45) is 5.15. The molecule has 0 bridgehead atoms. The highest BCUT2D eigenvalue weighted by atomic mass is 16.5. The van der Waals surface area contributed by atoms with E-state index < -0.39 is 0 Å². The maximum absolute atomic E-state index is 13.0. The van der Waals surface area contributed by atoms with Crippen molar-refractivity contribution in [3.05, 3.63) is 41.7 Å². The van der Waals surface area contributed by atoms with Crippen molar-refractivity contribution < 1.29 is 14.1 Å². The zero-order valence-electron chi connectivity index (χ0n) is 16.0. The number of ether oxygens (including phenoxy) is 1. The molecule has 1 saturated carbocycles. The number of carbonyl (C=O) groups is 1. The third kappa shape index (κ3) is 3.37. The number of fused-ring (bicyclic) bond motifs is 1. The molecular formula is C21H24N4O3. The summed E-state index contributed by atoms with van der Waals surface area (Å²) in [5, 5.41) is 5.11. The van der Waals surface area contributed by atoms with Gasteiger partial charge in [-0.15, -0.1) is 0 Å². The van der Waals surface area contributed by atoms with Crippen LogP contribution in [0, 0.1) is 5.92 Å². The normalized spacial score (nSPS) is 19.9. The minimum atomic E-state index is 0.0454. The van der Waals surface area contributed by atoms with Crippen molar-refractivity contribution in [2.45, 2.75) is 38.0 Å². The Kier molecular flexibility index (Phi) is 4.30. The molecule has 1 unspecified atom stereocenters. The number of nitrogens with one attached hydrogen (secondary N) is 1. The van der Waals surface area contributed by atoms with Crippen LogP contribution in [0.25, 0.3) is 10.9 Å². The van der Waals surface area contributed by atoms with Gasteiger partial charge in [-0.1, -0.05) is 5.16 Å². The molecule has 1 saturated heterocycles. The standard InChI is InChI=1S/C21H24N4O3/c1-27-16-7-6-15-10-18(22-17(15)11-16)21(26)25-8-2-3-13(12-25)9-19-23-20(24-28-19)14-4-5-14/h6-7,10-11,13-14,22H,2-5,8-9,12H2,1H3. The predicted molar refractivity (Wildman–Crippen MR) is 103 cm³/mol. The van der Waals surface area contributed by atoms with E-state index in [1.54, 1.807) is 7.11 Å². The fourth-order valence-electron chi connectivity index (χ4n) is 4.04. The number of piperidine rings is 1. The predicted octanol–water partition coefficient (Wildman–Crippen LogP) is 3.53. The second-order valence-electron chi connectivity index (χ2n) is 7.92. The van der Waals surface area contributed by atoms with Gasteiger partial charge in [0.15, 0.2) is 5.82 Å². The van der Waals surface area contributed by atoms with Crippen molar-refractivity contribution in [1.82, 2.24) is 20.0 Å². The number of methoxy groups -OCH3 is 1. The first-order valence-corrected chi connectivity index (χ1v) is 9.98. The van der Waals surface area contributed by atoms with Crippen LogP contribution in [0.1, 0.15) is 53.8 Å². The molecule has 7 nitrogen and oxygen atoms in total. The largest absolute Gasteiger partial charge is 0.497 e. The van der Waals surface area contributed by atoms with Gasteiger partial charge in [-0.3, -0.25) is 4.79 Å². The topological polar surface area (TPSA) is 84.2 Å². The lowest BCUT2D eigenvalue weighted by molar-refractivity contribution is 0.0663. The number of benzene rings is 1. The third-order valence-corrected chi connectivity index (χ3v) is 5.76. The fourth-order valence-corrected chi connectivity index (χ4v) is 4.04. The number of hydrogen-bond donors (Lipinski definition) is 1. The molecule has 1 N–H and O–H groups in total. The van der Waals surface area contributed by atoms with Gasteiger partial charge in [-0.2, -0.15) is 4.98 Å². The molecule has 28 heavy (non-hydrogen) atoms. The molecule has 2 aliphatic rings. The number of hydrogen-bond acceptors (Lipinski definition) is 5. The maximum atomic E-state index is 13.0. The second-order valence-corrected chi connectivity index (χ2v) is 7.92. The van der Waals surface area contributed by atoms with Crippen LogP contribution in [0.2, 0.25) is 0 Å². The van der Waals surface area contributed by atoms with Gasteiger partial charge in [0.1, 0.15) is 11.4 Å². The van der Waals surface area contributed by atoms with Crippen LogP contribution in [-0.2, 0) is 6.42 Å². The van der Waals surface area contributed by atoms with Crippen LogP contribution in [0.5, 0.6) is 5.75 Å². The number of amides is 1. The lowest BCUT2D eigenvalue weighted by Gasteiger charge is -2.31. The average Bonchev–Trinajstić information content (AvgIpc) is 3.32. The van der Waals surface area contributed by atoms with Gasteiger partial charge in [0.05, 0.1) is 7.11 Å². The molecule has 2 fully saturated rings. The molecule has 1 aliphatic carbocycles. The highest BCUT2D eigenvalue weighted by molar-refractivity contribution is 5.98. The Hall–Kier alpha value is -2.83. The number of H-pyrrole nitrogens is 1. The van der Waals surface area contributed by atoms with Crippen LogP contribution in [0.4, 0.5) is 0 Å². The Bertz CT molecular complexity index is 1000. The Balaban J connectivity index is 1.27. The van der Waals surface area contributed by atoms with Gasteiger partial charge in [0.2, 0.25) is 5.89 Å². The van der Waals surface area contributed by atoms with Gasteiger partial charge in [0, 0.05) is 42.4 Å². The molecule has 2 aromatic heterocycles. The molecule has 1 aliphatic heterocycles. The highest BCUT2D eigenvalue weighted by Gasteiger charge is 2.30. The minimum absolute atomic E-state index is 0.0454. The first kappa shape index (κ1) is 17.3. The van der Waals surface area contributed by atoms with E-state index in [4.69, 9.17) is 9.26 Å². The van der Waals surface area contributed by atoms with Crippen molar-refractivity contribution in [3.8, 4) is 5.75 Å². The number of carbonyl (C=O) groups excluding carboxylic acids is 1. The summed E-state index contributed by atoms with van der Waals surface area (Å²) >= 11 is 0. The zero-order chi connectivity index (χ0) is 19.1. The molecule has 146 valence electrons. The Morgan fingerprint density at radius 1 is 1.32 bits per heavy atom. The fraction of sp³-hybridized carbons (Fsp3) is 0.476. The van der Waals surface area contributed by atoms with Crippen molar-refractivity contribution in [1.29, 1.82) is 0 Å². The van der Waals surface area contributed by atoms with E-state index in [-0.39, 0.29) is 5.91 Å². The molecule has 3 heterocycles. The number of rotatable bonds is 5. The SMILES string of the molecule is COc1ccc2cc(C(=O)N3CCCC(Cc4nc(C5CC5)no4)C3)[nH]c2c1. The smallest absolute Gasteiger partial charge is 0.270 e. The van der Waals surface area contributed by atoms with Gasteiger partial charge in [-0.05, 0) is 49.8 Å². The zero-order valence-corrected chi connectivity index (χ0v) is 16.0. The summed E-state index contributed by atoms with van der Waals surface area (Å²) < 4.78 is 10.7. The number of likely N-dealkylation sites (tertiary alicyclic amines) is 1. The van der Waals surface area contributed by atoms with Gasteiger partial charge in [-0.25, -0.2) is 0 Å². The molecule has 1 aromatic carbocycles. The maximum Gasteiger partial charge on any atom is 0.270 e. The Morgan fingerprint density at radius 2 is 2.21 bits per heavy atom. The molecule has 3 aromatic rings. The molecule has 7 heteroatoms. The van der Waals surface area contributed by atoms with E-state index in [0.29, 0.717) is 23.4 Å². The Morgan fingerprint density at radius 3 is 3.04 bits per heavy atom. The Labute approximate surface area is 163 Å². The highest BCUT2D eigenvalue weighted by Crippen LogP contribution is 2.38. The van der Waals surface area contributed by atoms with E-state index in [9.17, 15) is 4.79 Å². The average molecular weight is 380 g/mol. The van der Waals surface area contributed by atoms with E-state index in [1.165, 1.54) is 12.8 Å². The monoisotopic (exact) mass is 380 g/mol. The summed E-state index contributed by atoms with van der Waals surface area (Å²) in [4.78, 5) is 22.8. The van der Waals surface area contributed by atoms with Crippen molar-refractivity contribution in [2.75, 3.05) is 20.2 Å². The molecule has 1 atom stereocenters. The number of aromatic nitrogens is 3. The van der Waals surface area contributed by atoms with Gasteiger partial charge in [0.25, 0.3) is 5.91 Å². The quantitative estimate of drug-likeness (QED) is 0.732. The summed E-state index contributed by atoms with van der Waals surface area (Å²) in [7, 11) is 1.64. The van der Waals surface area contributed by atoms with Gasteiger partial charge >= 0.3 is 0 Å². The molecule has 5 rings (SSSR count). The first-order chi connectivity index (χ1) is 13.7. The summed E-state index contributed by atoms with van der Waals surface area (Å²) in [6.45, 7) is 1.50. The van der Waals surface area contributed by atoms with E-state index in [0.717, 1.165) is 54.8 Å². The van der Waals surface area contributed by atoms with Crippen LogP contribution < -0.4 is 4.74 Å². The lowest BCUT2D eigenvalue weighted by atomic mass is 9.94. The van der Waals surface area contributed by atoms with Crippen molar-refractivity contribution in [2.24, 2.45) is 5.92 Å². The van der Waals surface area contributed by atoms with Crippen molar-refractivity contribution >= 4 is 16.8 Å². The second kappa shape index (κ2) is 6.96. The van der Waals surface area contributed by atoms with Crippen LogP contribution >= 0.6 is 0 Å². The molecule has 0 radical (unpaired) electrons. The van der Waals surface area contributed by atoms with Crippen LogP contribution in [0.15, 0.2) is 28.8 Å². The summed E-state index contributed by atoms with van der Waals surface area (Å²) in [5.41, 5.74) is 1.53. The molecule has 0 spiro atoms. The first-order valence-electron chi connectivity index (χ1n) is 9.98. The lowest BCUT2D eigenvalue weighted by Crippen LogP contribution is -2.40. The molecule has 1 amide bonds. The summed E-state index contributed by atoms with van der Waals surface area (Å²) in [5.74, 6) is 3.24. The number of nitrogens with zero attached hydrogens (tertiary/aromatic N) is 3. The van der Waals surface area contributed by atoms with Crippen LogP contribution in [-0.4, -0.2) is 46.1 Å². The number of aromatic amines is 1. The van der Waals surface area contributed by atoms with E-state index in [2.05, 4.69) is 15.1 Å². The van der Waals surface area contributed by atoms with Crippen molar-refractivity contribution in [3.63, 3.8) is 0 Å². The van der Waals surface area contributed by atoms with E-state index >= 15 is 0 Å². The summed E-state index contributed by atoms with van der Waals surface area (Å²) in [6, 6.07) is 7.70. The van der Waals surface area contributed by atoms with Gasteiger partial charge < -0.3 is 19.1 Å². The van der Waals surface area contributed by atoms with E-state index in [1.807, 2.05) is 29.2 Å². The minimum Gasteiger partial charge on any atom is -0.497 e. The molecular weight excluding hydrogens is 356 g/mol. The third-order valence-electron chi connectivity index (χ3n) is 5.76.